The van der Waals surface area contributed by atoms with Crippen LogP contribution in [0.2, 0.25) is 52.4 Å². The van der Waals surface area contributed by atoms with Crippen molar-refractivity contribution in [1.29, 1.82) is 0 Å². The Labute approximate surface area is 241 Å². The van der Waals surface area contributed by atoms with Gasteiger partial charge in [-0.1, -0.05) is 32.6 Å². The average Bonchev–Trinajstić information content (AvgIpc) is 2.72. The van der Waals surface area contributed by atoms with Crippen molar-refractivity contribution in [2.75, 3.05) is 51.0 Å². The first-order valence-electron chi connectivity index (χ1n) is 15.6. The van der Waals surface area contributed by atoms with Crippen LogP contribution >= 0.6 is 0 Å². The molecule has 0 radical (unpaired) electrons. The van der Waals surface area contributed by atoms with E-state index in [0.717, 1.165) is 51.0 Å². The topological polar surface area (TPSA) is 43.4 Å². The van der Waals surface area contributed by atoms with Gasteiger partial charge in [0.15, 0.2) is 16.6 Å². The first-order valence-corrected chi connectivity index (χ1v) is 28.1. The third-order valence-corrected chi connectivity index (χ3v) is 16.8. The van der Waals surface area contributed by atoms with Gasteiger partial charge in [-0.2, -0.15) is 0 Å². The molecule has 2 aliphatic rings. The highest BCUT2D eigenvalue weighted by atomic mass is 28.4. The summed E-state index contributed by atoms with van der Waals surface area (Å²) in [5.41, 5.74) is 0. The summed E-state index contributed by atoms with van der Waals surface area (Å²) < 4.78 is 25.6. The first-order chi connectivity index (χ1) is 17.6. The van der Waals surface area contributed by atoms with Crippen molar-refractivity contribution in [3.8, 4) is 0 Å². The fraction of sp³-hybridized carbons (Fsp3) is 1.00. The zero-order valence-corrected chi connectivity index (χ0v) is 31.2. The van der Waals surface area contributed by atoms with Gasteiger partial charge >= 0.3 is 0 Å². The smallest absolute Gasteiger partial charge is 0.200 e. The zero-order valence-electron chi connectivity index (χ0n) is 27.2. The quantitative estimate of drug-likeness (QED) is 0.150. The summed E-state index contributed by atoms with van der Waals surface area (Å²) >= 11 is 0. The predicted octanol–water partition coefficient (Wildman–Crippen LogP) is 6.41. The van der Waals surface area contributed by atoms with Crippen molar-refractivity contribution in [3.05, 3.63) is 0 Å². The lowest BCUT2D eigenvalue weighted by atomic mass is 9.96. The Kier molecular flexibility index (Phi) is 13.9. The molecule has 0 aromatic carbocycles. The second kappa shape index (κ2) is 15.2. The van der Waals surface area contributed by atoms with Crippen LogP contribution in [0.5, 0.6) is 0 Å². The summed E-state index contributed by atoms with van der Waals surface area (Å²) in [6.45, 7) is 29.5. The molecule has 0 bridgehead atoms. The molecule has 2 rings (SSSR count). The van der Waals surface area contributed by atoms with E-state index in [1.54, 1.807) is 0 Å². The van der Waals surface area contributed by atoms with E-state index >= 15 is 0 Å². The molecule has 226 valence electrons. The maximum Gasteiger partial charge on any atom is 0.200 e. The first kappa shape index (κ1) is 34.8. The molecule has 2 aliphatic heterocycles. The van der Waals surface area contributed by atoms with Gasteiger partial charge in [-0.25, -0.2) is 0 Å². The van der Waals surface area contributed by atoms with Gasteiger partial charge < -0.3 is 27.5 Å². The molecule has 0 N–H and O–H groups in total. The molecular weight excluding hydrogens is 541 g/mol. The molecule has 0 amide bonds. The number of unbranched alkanes of at least 4 members (excludes halogenated alkanes) is 3. The van der Waals surface area contributed by atoms with Crippen LogP contribution in [0.1, 0.15) is 59.3 Å². The van der Waals surface area contributed by atoms with E-state index in [4.69, 9.17) is 17.7 Å². The molecule has 2 saturated heterocycles. The van der Waals surface area contributed by atoms with Crippen molar-refractivity contribution >= 4 is 33.3 Å². The minimum Gasteiger partial charge on any atom is -0.416 e. The zero-order chi connectivity index (χ0) is 28.6. The number of hydrogen-bond acceptors (Lipinski definition) is 6. The molecular formula is C28H64N2O4Si4. The van der Waals surface area contributed by atoms with E-state index in [0.29, 0.717) is 18.1 Å². The van der Waals surface area contributed by atoms with E-state index in [1.165, 1.54) is 38.5 Å². The van der Waals surface area contributed by atoms with Crippen molar-refractivity contribution in [1.82, 2.24) is 9.80 Å². The normalized spacial score (nSPS) is 26.0. The summed E-state index contributed by atoms with van der Waals surface area (Å²) in [4.78, 5) is 5.37. The molecule has 0 aromatic heterocycles. The molecule has 10 heteroatoms. The monoisotopic (exact) mass is 604 g/mol. The van der Waals surface area contributed by atoms with Crippen LogP contribution in [-0.2, 0) is 17.7 Å². The van der Waals surface area contributed by atoms with Crippen LogP contribution in [0.25, 0.3) is 0 Å². The molecule has 0 saturated carbocycles. The highest BCUT2D eigenvalue weighted by Gasteiger charge is 2.40. The van der Waals surface area contributed by atoms with Crippen LogP contribution in [0, 0.1) is 5.92 Å². The number of rotatable bonds is 16. The van der Waals surface area contributed by atoms with Gasteiger partial charge in [0.05, 0.1) is 12.2 Å². The lowest BCUT2D eigenvalue weighted by molar-refractivity contribution is 0.0574. The summed E-state index contributed by atoms with van der Waals surface area (Å²) in [6, 6.07) is 0. The second-order valence-electron chi connectivity index (χ2n) is 14.6. The Morgan fingerprint density at radius 2 is 1.26 bits per heavy atom. The molecule has 3 atom stereocenters. The molecule has 38 heavy (non-hydrogen) atoms. The molecule has 2 heterocycles. The van der Waals surface area contributed by atoms with Crippen molar-refractivity contribution in [2.45, 2.75) is 124 Å². The van der Waals surface area contributed by atoms with Gasteiger partial charge in [0.25, 0.3) is 0 Å². The summed E-state index contributed by atoms with van der Waals surface area (Å²) in [5.74, 6) is 0.626. The summed E-state index contributed by atoms with van der Waals surface area (Å²) in [6.07, 6.45) is 13.1. The van der Waals surface area contributed by atoms with E-state index in [1.807, 2.05) is 0 Å². The second-order valence-corrected chi connectivity index (χ2v) is 31.0. The summed E-state index contributed by atoms with van der Waals surface area (Å²) in [7, 11) is -6.49. The van der Waals surface area contributed by atoms with Crippen molar-refractivity contribution in [3.63, 3.8) is 0 Å². The predicted molar refractivity (Wildman–Crippen MR) is 173 cm³/mol. The fourth-order valence-corrected chi connectivity index (χ4v) is 16.6. The molecule has 3 unspecified atom stereocenters. The van der Waals surface area contributed by atoms with E-state index in [9.17, 15) is 0 Å². The van der Waals surface area contributed by atoms with E-state index in [-0.39, 0.29) is 0 Å². The van der Waals surface area contributed by atoms with Gasteiger partial charge in [0, 0.05) is 51.0 Å². The van der Waals surface area contributed by atoms with Gasteiger partial charge in [0.2, 0.25) is 16.6 Å². The van der Waals surface area contributed by atoms with Gasteiger partial charge in [0.1, 0.15) is 0 Å². The van der Waals surface area contributed by atoms with E-state index in [2.05, 4.69) is 82.9 Å². The van der Waals surface area contributed by atoms with Crippen LogP contribution in [0.4, 0.5) is 0 Å². The molecule has 2 fully saturated rings. The Morgan fingerprint density at radius 3 is 1.82 bits per heavy atom. The Bertz CT molecular complexity index is 696. The standard InChI is InChI=1S/C28H64N2O4Si4/c1-12-31-35(4,5)22-29-20-27(33-37(8,9)24-29)19-17-15-14-16-18-26(3)28-21-30(25-38(10,11)34-28)23-36(6,7)32-13-2/h26-28H,12-25H2,1-11H3. The van der Waals surface area contributed by atoms with Crippen molar-refractivity contribution in [2.24, 2.45) is 5.92 Å². The highest BCUT2D eigenvalue weighted by molar-refractivity contribution is 6.73. The largest absolute Gasteiger partial charge is 0.416 e. The maximum absolute atomic E-state index is 6.73. The maximum atomic E-state index is 6.73. The summed E-state index contributed by atoms with van der Waals surface area (Å²) in [5, 5.41) is 0. The minimum atomic E-state index is -1.65. The van der Waals surface area contributed by atoms with Crippen LogP contribution < -0.4 is 0 Å². The third kappa shape index (κ3) is 13.1. The van der Waals surface area contributed by atoms with Crippen molar-refractivity contribution < 1.29 is 17.7 Å². The number of hydrogen-bond donors (Lipinski definition) is 0. The molecule has 0 spiro atoms. The molecule has 0 aliphatic carbocycles. The third-order valence-electron chi connectivity index (χ3n) is 7.91. The van der Waals surface area contributed by atoms with Crippen LogP contribution in [0.15, 0.2) is 0 Å². The Hall–Kier alpha value is 0.628. The lowest BCUT2D eigenvalue weighted by Gasteiger charge is -2.45. The SMILES string of the molecule is CCO[Si](C)(C)CN1CC(CCCCCCC(C)C2CN(C[Si](C)(C)OCC)C[Si](C)(C)O2)O[Si](C)(C)C1. The lowest BCUT2D eigenvalue weighted by Crippen LogP contribution is -2.61. The van der Waals surface area contributed by atoms with Gasteiger partial charge in [-0.05, 0) is 85.0 Å². The Morgan fingerprint density at radius 1 is 0.763 bits per heavy atom. The van der Waals surface area contributed by atoms with Crippen LogP contribution in [0.3, 0.4) is 0 Å². The van der Waals surface area contributed by atoms with E-state index < -0.39 is 33.3 Å². The van der Waals surface area contributed by atoms with Crippen LogP contribution in [-0.4, -0.2) is 106 Å². The molecule has 6 nitrogen and oxygen atoms in total. The average molecular weight is 605 g/mol. The number of nitrogens with zero attached hydrogens (tertiary/aromatic N) is 2. The van der Waals surface area contributed by atoms with Gasteiger partial charge in [-0.3, -0.25) is 0 Å². The molecule has 0 aromatic rings. The minimum absolute atomic E-state index is 0.384. The van der Waals surface area contributed by atoms with Gasteiger partial charge in [-0.15, -0.1) is 0 Å². The fourth-order valence-electron chi connectivity index (χ4n) is 6.77. The Balaban J connectivity index is 1.72. The highest BCUT2D eigenvalue weighted by Crippen LogP contribution is 2.27.